The zero-order valence-electron chi connectivity index (χ0n) is 16.8. The minimum absolute atomic E-state index is 0.305. The molecule has 1 atom stereocenters. The van der Waals surface area contributed by atoms with Gasteiger partial charge in [-0.2, -0.15) is 0 Å². The van der Waals surface area contributed by atoms with Gasteiger partial charge in [-0.15, -0.1) is 0 Å². The first-order valence-corrected chi connectivity index (χ1v) is 10.5. The summed E-state index contributed by atoms with van der Waals surface area (Å²) in [6, 6.07) is 15.5. The molecule has 1 aromatic heterocycles. The van der Waals surface area contributed by atoms with Crippen LogP contribution in [0.1, 0.15) is 42.1 Å². The highest BCUT2D eigenvalue weighted by atomic mass is 35.5. The Bertz CT molecular complexity index is 1110. The van der Waals surface area contributed by atoms with Crippen molar-refractivity contribution in [3.63, 3.8) is 0 Å². The van der Waals surface area contributed by atoms with E-state index < -0.39 is 11.9 Å². The number of imidazole rings is 1. The van der Waals surface area contributed by atoms with Gasteiger partial charge in [-0.05, 0) is 29.8 Å². The van der Waals surface area contributed by atoms with Crippen LogP contribution in [0.5, 0.6) is 0 Å². The predicted molar refractivity (Wildman–Crippen MR) is 120 cm³/mol. The Labute approximate surface area is 186 Å². The Kier molecular flexibility index (Phi) is 7.20. The van der Waals surface area contributed by atoms with Crippen LogP contribution in [0.3, 0.4) is 0 Å². The highest BCUT2D eigenvalue weighted by molar-refractivity contribution is 6.31. The largest absolute Gasteiger partial charge is 0.481 e. The SMILES string of the molecule is CCc1nc(Cl)c(CC(C)C(=O)O)n1Cc1ccc(C#Cc2ccccc2)cc1Cl. The fourth-order valence-electron chi connectivity index (χ4n) is 3.12. The van der Waals surface area contributed by atoms with Gasteiger partial charge in [0.25, 0.3) is 0 Å². The second kappa shape index (κ2) is 9.84. The van der Waals surface area contributed by atoms with Gasteiger partial charge < -0.3 is 9.67 Å². The highest BCUT2D eigenvalue weighted by Gasteiger charge is 2.21. The van der Waals surface area contributed by atoms with Crippen LogP contribution in [0.15, 0.2) is 48.5 Å². The van der Waals surface area contributed by atoms with Gasteiger partial charge >= 0.3 is 5.97 Å². The van der Waals surface area contributed by atoms with Crippen molar-refractivity contribution in [1.82, 2.24) is 9.55 Å². The molecule has 0 spiro atoms. The zero-order valence-corrected chi connectivity index (χ0v) is 18.3. The third-order valence-corrected chi connectivity index (χ3v) is 5.50. The molecule has 0 aliphatic rings. The van der Waals surface area contributed by atoms with Gasteiger partial charge in [0.2, 0.25) is 0 Å². The van der Waals surface area contributed by atoms with Crippen molar-refractivity contribution in [2.24, 2.45) is 5.92 Å². The van der Waals surface area contributed by atoms with Gasteiger partial charge in [-0.25, -0.2) is 4.98 Å². The number of aryl methyl sites for hydroxylation is 1. The van der Waals surface area contributed by atoms with Crippen LogP contribution in [-0.2, 0) is 24.2 Å². The molecule has 2 aromatic carbocycles. The minimum atomic E-state index is -0.865. The average Bonchev–Trinajstić information content (AvgIpc) is 3.03. The molecule has 3 rings (SSSR count). The molecule has 4 nitrogen and oxygen atoms in total. The van der Waals surface area contributed by atoms with E-state index in [2.05, 4.69) is 16.8 Å². The first-order valence-electron chi connectivity index (χ1n) is 9.71. The van der Waals surface area contributed by atoms with E-state index in [0.717, 1.165) is 22.5 Å². The molecule has 0 saturated heterocycles. The lowest BCUT2D eigenvalue weighted by Crippen LogP contribution is -2.16. The van der Waals surface area contributed by atoms with E-state index in [1.54, 1.807) is 6.92 Å². The van der Waals surface area contributed by atoms with Crippen molar-refractivity contribution in [2.45, 2.75) is 33.2 Å². The van der Waals surface area contributed by atoms with Crippen LogP contribution in [-0.4, -0.2) is 20.6 Å². The third kappa shape index (κ3) is 5.24. The molecule has 0 amide bonds. The van der Waals surface area contributed by atoms with Gasteiger partial charge in [-0.3, -0.25) is 4.79 Å². The van der Waals surface area contributed by atoms with Crippen LogP contribution in [0.2, 0.25) is 10.2 Å². The summed E-state index contributed by atoms with van der Waals surface area (Å²) in [5.41, 5.74) is 3.38. The fourth-order valence-corrected chi connectivity index (χ4v) is 3.64. The summed E-state index contributed by atoms with van der Waals surface area (Å²) in [5, 5.41) is 10.2. The molecule has 1 heterocycles. The zero-order chi connectivity index (χ0) is 21.7. The van der Waals surface area contributed by atoms with E-state index in [1.165, 1.54) is 0 Å². The third-order valence-electron chi connectivity index (χ3n) is 4.85. The number of carboxylic acids is 1. The number of halogens is 2. The maximum absolute atomic E-state index is 11.3. The van der Waals surface area contributed by atoms with Crippen LogP contribution in [0.25, 0.3) is 0 Å². The summed E-state index contributed by atoms with van der Waals surface area (Å²) in [7, 11) is 0. The Morgan fingerprint density at radius 2 is 1.83 bits per heavy atom. The number of rotatable bonds is 6. The number of hydrogen-bond donors (Lipinski definition) is 1. The molecule has 0 fully saturated rings. The molecular formula is C24H22Cl2N2O2. The van der Waals surface area contributed by atoms with Gasteiger partial charge in [-0.1, -0.05) is 73.2 Å². The summed E-state index contributed by atoms with van der Waals surface area (Å²) in [6.07, 6.45) is 0.985. The van der Waals surface area contributed by atoms with E-state index in [0.29, 0.717) is 35.3 Å². The van der Waals surface area contributed by atoms with Crippen molar-refractivity contribution >= 4 is 29.2 Å². The molecule has 154 valence electrons. The summed E-state index contributed by atoms with van der Waals surface area (Å²) in [4.78, 5) is 15.7. The predicted octanol–water partition coefficient (Wildman–Crippen LogP) is 5.46. The molecule has 30 heavy (non-hydrogen) atoms. The first kappa shape index (κ1) is 22.0. The second-order valence-electron chi connectivity index (χ2n) is 7.07. The van der Waals surface area contributed by atoms with Crippen molar-refractivity contribution in [2.75, 3.05) is 0 Å². The summed E-state index contributed by atoms with van der Waals surface area (Å²) in [6.45, 7) is 4.12. The fraction of sp³-hybridized carbons (Fsp3) is 0.250. The monoisotopic (exact) mass is 440 g/mol. The lowest BCUT2D eigenvalue weighted by Gasteiger charge is -2.14. The standard InChI is InChI=1S/C24H22Cl2N2O2/c1-3-22-27-23(26)21(13-16(2)24(29)30)28(22)15-19-12-11-18(14-20(19)25)10-9-17-7-5-4-6-8-17/h4-8,11-12,14,16H,3,13,15H2,1-2H3,(H,29,30). The second-order valence-corrected chi connectivity index (χ2v) is 7.84. The minimum Gasteiger partial charge on any atom is -0.481 e. The van der Waals surface area contributed by atoms with Gasteiger partial charge in [0.15, 0.2) is 5.15 Å². The number of aromatic nitrogens is 2. The molecule has 0 aliphatic heterocycles. The maximum Gasteiger partial charge on any atom is 0.306 e. The molecule has 1 N–H and O–H groups in total. The normalized spacial score (nSPS) is 11.6. The molecule has 0 bridgehead atoms. The number of aliphatic carboxylic acids is 1. The molecule has 0 saturated carbocycles. The van der Waals surface area contributed by atoms with Gasteiger partial charge in [0.1, 0.15) is 5.82 Å². The van der Waals surface area contributed by atoms with Crippen molar-refractivity contribution < 1.29 is 9.90 Å². The lowest BCUT2D eigenvalue weighted by atomic mass is 10.1. The Morgan fingerprint density at radius 1 is 1.13 bits per heavy atom. The summed E-state index contributed by atoms with van der Waals surface area (Å²) >= 11 is 12.9. The van der Waals surface area contributed by atoms with Crippen molar-refractivity contribution in [3.05, 3.63) is 86.9 Å². The number of hydrogen-bond acceptors (Lipinski definition) is 2. The summed E-state index contributed by atoms with van der Waals surface area (Å²) in [5.74, 6) is 5.63. The average molecular weight is 441 g/mol. The number of carbonyl (C=O) groups is 1. The topological polar surface area (TPSA) is 55.1 Å². The Morgan fingerprint density at radius 3 is 2.47 bits per heavy atom. The van der Waals surface area contributed by atoms with E-state index in [4.69, 9.17) is 23.2 Å². The molecular weight excluding hydrogens is 419 g/mol. The molecule has 3 aromatic rings. The smallest absolute Gasteiger partial charge is 0.306 e. The van der Waals surface area contributed by atoms with E-state index >= 15 is 0 Å². The van der Waals surface area contributed by atoms with E-state index in [-0.39, 0.29) is 0 Å². The van der Waals surface area contributed by atoms with Gasteiger partial charge in [0.05, 0.1) is 18.2 Å². The molecule has 6 heteroatoms. The number of nitrogens with zero attached hydrogens (tertiary/aromatic N) is 2. The molecule has 1 unspecified atom stereocenters. The van der Waals surface area contributed by atoms with E-state index in [9.17, 15) is 9.90 Å². The Balaban J connectivity index is 1.88. The van der Waals surface area contributed by atoms with Crippen molar-refractivity contribution in [3.8, 4) is 11.8 Å². The number of benzene rings is 2. The lowest BCUT2D eigenvalue weighted by molar-refractivity contribution is -0.141. The van der Waals surface area contributed by atoms with Crippen LogP contribution in [0, 0.1) is 17.8 Å². The molecule has 0 radical (unpaired) electrons. The van der Waals surface area contributed by atoms with Crippen LogP contribution in [0.4, 0.5) is 0 Å². The van der Waals surface area contributed by atoms with Crippen LogP contribution < -0.4 is 0 Å². The quantitative estimate of drug-likeness (QED) is 0.517. The highest BCUT2D eigenvalue weighted by Crippen LogP contribution is 2.25. The van der Waals surface area contributed by atoms with Crippen molar-refractivity contribution in [1.29, 1.82) is 0 Å². The van der Waals surface area contributed by atoms with Gasteiger partial charge in [0, 0.05) is 29.0 Å². The molecule has 0 aliphatic carbocycles. The first-order chi connectivity index (χ1) is 14.4. The maximum atomic E-state index is 11.3. The van der Waals surface area contributed by atoms with Crippen LogP contribution >= 0.6 is 23.2 Å². The number of carboxylic acid groups (broad SMARTS) is 1. The van der Waals surface area contributed by atoms with E-state index in [1.807, 2.05) is 60.0 Å². The Hall–Kier alpha value is -2.74. The summed E-state index contributed by atoms with van der Waals surface area (Å²) < 4.78 is 1.97.